The van der Waals surface area contributed by atoms with Crippen LogP contribution in [0.3, 0.4) is 0 Å². The number of hydrogen-bond acceptors (Lipinski definition) is 22. The summed E-state index contributed by atoms with van der Waals surface area (Å²) in [7, 11) is 13.3. The Hall–Kier alpha value is -13.4. The van der Waals surface area contributed by atoms with E-state index in [9.17, 15) is 18.0 Å². The van der Waals surface area contributed by atoms with E-state index in [1.807, 2.05) is 170 Å². The summed E-state index contributed by atoms with van der Waals surface area (Å²) < 4.78 is 76.0. The summed E-state index contributed by atoms with van der Waals surface area (Å²) in [6, 6.07) is 34.5. The zero-order chi connectivity index (χ0) is 77.6. The minimum absolute atomic E-state index is 0.159. The molecule has 562 valence electrons. The van der Waals surface area contributed by atoms with E-state index >= 15 is 0 Å². The van der Waals surface area contributed by atoms with E-state index in [-0.39, 0.29) is 25.6 Å². The number of alkyl halides is 3. The maximum absolute atomic E-state index is 12.6. The quantitative estimate of drug-likeness (QED) is 0.0444. The summed E-state index contributed by atoms with van der Waals surface area (Å²) in [5.41, 5.74) is 15.7. The number of ether oxygens (including phenoxy) is 6. The van der Waals surface area contributed by atoms with E-state index in [4.69, 9.17) is 55.0 Å². The van der Waals surface area contributed by atoms with Crippen LogP contribution >= 0.6 is 11.6 Å². The summed E-state index contributed by atoms with van der Waals surface area (Å²) in [4.78, 5) is 61.6. The fraction of sp³-hybridized carbons (Fsp3) is 0.228. The van der Waals surface area contributed by atoms with E-state index in [1.165, 1.54) is 20.4 Å². The molecule has 0 spiro atoms. The number of aromatic nitrogens is 16. The highest BCUT2D eigenvalue weighted by molar-refractivity contribution is 6.29. The lowest BCUT2D eigenvalue weighted by Gasteiger charge is -2.26. The number of fused-ring (bicyclic) bond motifs is 3. The molecule has 31 heteroatoms. The molecule has 0 unspecified atom stereocenters. The largest absolute Gasteiger partial charge is 0.497 e. The van der Waals surface area contributed by atoms with Gasteiger partial charge in [-0.05, 0) is 87.7 Å². The number of anilines is 6. The van der Waals surface area contributed by atoms with Gasteiger partial charge in [-0.3, -0.25) is 38.8 Å². The first kappa shape index (κ1) is 76.2. The highest BCUT2D eigenvalue weighted by Crippen LogP contribution is 2.39. The Kier molecular flexibility index (Phi) is 23.9. The second kappa shape index (κ2) is 34.4. The summed E-state index contributed by atoms with van der Waals surface area (Å²) in [5, 5.41) is 15.1. The lowest BCUT2D eigenvalue weighted by atomic mass is 10.1. The van der Waals surface area contributed by atoms with Crippen LogP contribution in [0.4, 0.5) is 47.3 Å². The molecule has 1 amide bonds. The number of nitrogens with one attached hydrogen (secondary N) is 2. The number of nitrogens with zero attached hydrogens (tertiary/aromatic N) is 18. The molecule has 0 saturated heterocycles. The Morgan fingerprint density at radius 3 is 1.36 bits per heavy atom. The molecule has 0 atom stereocenters. The van der Waals surface area contributed by atoms with E-state index in [0.29, 0.717) is 80.8 Å². The van der Waals surface area contributed by atoms with Crippen molar-refractivity contribution < 1.29 is 46.4 Å². The Morgan fingerprint density at radius 2 is 0.955 bits per heavy atom. The summed E-state index contributed by atoms with van der Waals surface area (Å²) in [6.45, 7) is 7.04. The fourth-order valence-corrected chi connectivity index (χ4v) is 11.7. The Balaban J connectivity index is 0.000000154. The topological polar surface area (TPSA) is 279 Å². The number of H-pyrrole nitrogens is 1. The number of rotatable bonds is 23. The third-order valence-corrected chi connectivity index (χ3v) is 17.3. The number of carbonyl (C=O) groups excluding carboxylic acids is 1. The van der Waals surface area contributed by atoms with Gasteiger partial charge in [0, 0.05) is 169 Å². The van der Waals surface area contributed by atoms with Crippen LogP contribution in [0.2, 0.25) is 5.15 Å². The molecule has 0 aliphatic rings. The molecule has 6 aromatic carbocycles. The molecular formula is C79H76ClF3N20O7. The number of halogens is 4. The average molecular weight is 1510 g/mol. The van der Waals surface area contributed by atoms with Crippen LogP contribution in [-0.4, -0.2) is 154 Å². The van der Waals surface area contributed by atoms with Crippen molar-refractivity contribution in [2.75, 3.05) is 77.0 Å². The van der Waals surface area contributed by atoms with Crippen molar-refractivity contribution in [3.05, 3.63) is 206 Å². The van der Waals surface area contributed by atoms with Crippen molar-refractivity contribution in [1.82, 2.24) is 84.5 Å². The molecule has 0 aliphatic carbocycles. The van der Waals surface area contributed by atoms with E-state index in [2.05, 4.69) is 66.9 Å². The molecular weight excluding hydrogens is 1430 g/mol. The van der Waals surface area contributed by atoms with Crippen LogP contribution in [0.1, 0.15) is 43.5 Å². The fourth-order valence-electron chi connectivity index (χ4n) is 11.5. The van der Waals surface area contributed by atoms with Gasteiger partial charge in [0.15, 0.2) is 0 Å². The maximum atomic E-state index is 12.6. The first-order chi connectivity index (χ1) is 53.1. The molecule has 0 radical (unpaired) electrons. The average Bonchev–Trinajstić information content (AvgIpc) is 1.18. The predicted molar refractivity (Wildman–Crippen MR) is 414 cm³/mol. The SMILES string of the molecule is COc1cc(OC)cc(N(CC#Cc2cncc(Cl)n2)c2ccc3ncc(-c4cnn(C)c4)nc3c2)c1.COc1cc(OC)cc(N(CCCNC(=O)C(F)(F)F)c2ccc3ncc(-c4cnn(C(C)C)c4)nc3c2)c1.COc1cc(OC)cc(N(Cc2ncc(C)[nH]2)c2ccc3ncc(-c4cnn(C)c4)nc3c2)c1. The second-order valence-electron chi connectivity index (χ2n) is 25.1. The number of imidazole rings is 1. The molecule has 14 aromatic rings. The number of benzene rings is 6. The molecule has 14 rings (SSSR count). The van der Waals surface area contributed by atoms with Crippen molar-refractivity contribution in [2.24, 2.45) is 14.1 Å². The highest BCUT2D eigenvalue weighted by Gasteiger charge is 2.38. The molecule has 27 nitrogen and oxygen atoms in total. The number of aromatic amines is 1. The number of hydrogen-bond donors (Lipinski definition) is 2. The lowest BCUT2D eigenvalue weighted by molar-refractivity contribution is -0.173. The zero-order valence-electron chi connectivity index (χ0n) is 61.9. The highest BCUT2D eigenvalue weighted by atomic mass is 35.5. The molecule has 0 saturated carbocycles. The minimum Gasteiger partial charge on any atom is -0.497 e. The summed E-state index contributed by atoms with van der Waals surface area (Å²) in [6.07, 6.45) is 16.4. The van der Waals surface area contributed by atoms with Gasteiger partial charge >= 0.3 is 12.1 Å². The molecule has 8 heterocycles. The molecule has 2 N–H and O–H groups in total. The van der Waals surface area contributed by atoms with Gasteiger partial charge in [-0.25, -0.2) is 24.9 Å². The van der Waals surface area contributed by atoms with Gasteiger partial charge in [-0.1, -0.05) is 17.5 Å². The van der Waals surface area contributed by atoms with E-state index in [1.54, 1.807) is 99.4 Å². The van der Waals surface area contributed by atoms with E-state index in [0.717, 1.165) is 90.1 Å². The normalized spacial score (nSPS) is 11.1. The van der Waals surface area contributed by atoms with Gasteiger partial charge in [-0.15, -0.1) is 0 Å². The zero-order valence-corrected chi connectivity index (χ0v) is 62.6. The first-order valence-electron chi connectivity index (χ1n) is 34.3. The second-order valence-corrected chi connectivity index (χ2v) is 25.5. The smallest absolute Gasteiger partial charge is 0.471 e. The number of amides is 1. The van der Waals surface area contributed by atoms with Gasteiger partial charge in [-0.2, -0.15) is 28.5 Å². The Morgan fingerprint density at radius 1 is 0.518 bits per heavy atom. The van der Waals surface area contributed by atoms with Crippen LogP contribution in [0.5, 0.6) is 34.5 Å². The minimum atomic E-state index is -4.93. The van der Waals surface area contributed by atoms with Crippen LogP contribution in [0.25, 0.3) is 66.9 Å². The van der Waals surface area contributed by atoms with Gasteiger partial charge in [0.2, 0.25) is 0 Å². The van der Waals surface area contributed by atoms with Crippen LogP contribution in [0, 0.1) is 18.8 Å². The van der Waals surface area contributed by atoms with Gasteiger partial charge in [0.05, 0.1) is 156 Å². The standard InChI is InChI=1S/C27H22ClN7O2.C27H29F3N6O3.C25H25N7O2/c1-34-17-18(13-31-34)26-15-30-24-7-6-20(11-25(24)33-26)35(8-4-5-19-14-29-16-27(28)32-19)21-9-22(36-2)12-23(10-21)37-3;1-17(2)36-16-18(14-33-36)25-15-32-23-7-6-19(12-24(23)34-25)35(9-5-8-31-26(37)27(28,29)30)20-10-21(38-3)13-22(11-20)39-4;1-16-11-27-25(29-16)15-32(19-7-20(33-3)10-21(8-19)34-4)18-5-6-22-23(9-18)30-24(13-26-22)17-12-28-31(2)14-17/h6-7,9-17H,8H2,1-3H3;6-7,10-17H,5,8-9H2,1-4H3,(H,31,37);5-14H,15H2,1-4H3,(H,27,29). The van der Waals surface area contributed by atoms with Gasteiger partial charge in [0.25, 0.3) is 0 Å². The third-order valence-electron chi connectivity index (χ3n) is 17.1. The van der Waals surface area contributed by atoms with Crippen LogP contribution < -0.4 is 48.4 Å². The number of methoxy groups -OCH3 is 6. The van der Waals surface area contributed by atoms with Crippen molar-refractivity contribution in [2.45, 2.75) is 46.0 Å². The van der Waals surface area contributed by atoms with Crippen molar-refractivity contribution in [3.8, 4) is 80.1 Å². The number of carbonyl (C=O) groups is 1. The van der Waals surface area contributed by atoms with Gasteiger partial charge < -0.3 is 53.4 Å². The lowest BCUT2D eigenvalue weighted by Crippen LogP contribution is -2.38. The van der Waals surface area contributed by atoms with Crippen LogP contribution in [-0.2, 0) is 25.4 Å². The Bertz CT molecular complexity index is 5580. The monoisotopic (exact) mass is 1510 g/mol. The maximum Gasteiger partial charge on any atom is 0.471 e. The first-order valence-corrected chi connectivity index (χ1v) is 34.7. The summed E-state index contributed by atoms with van der Waals surface area (Å²) >= 11 is 5.96. The van der Waals surface area contributed by atoms with Crippen LogP contribution in [0.15, 0.2) is 184 Å². The van der Waals surface area contributed by atoms with Crippen molar-refractivity contribution in [1.29, 1.82) is 0 Å². The summed E-state index contributed by atoms with van der Waals surface area (Å²) in [5.74, 6) is 8.90. The molecule has 110 heavy (non-hydrogen) atoms. The Labute approximate surface area is 635 Å². The molecule has 8 aromatic heterocycles. The number of aryl methyl sites for hydroxylation is 3. The third kappa shape index (κ3) is 18.9. The van der Waals surface area contributed by atoms with Crippen molar-refractivity contribution >= 4 is 84.7 Å². The van der Waals surface area contributed by atoms with E-state index < -0.39 is 12.1 Å². The molecule has 0 bridgehead atoms. The van der Waals surface area contributed by atoms with Crippen molar-refractivity contribution in [3.63, 3.8) is 0 Å². The predicted octanol–water partition coefficient (Wildman–Crippen LogP) is 14.4. The molecule has 0 aliphatic heterocycles. The van der Waals surface area contributed by atoms with Gasteiger partial charge in [0.1, 0.15) is 51.2 Å². The molecule has 0 fully saturated rings.